The number of anilines is 1. The second kappa shape index (κ2) is 9.52. The maximum Gasteiger partial charge on any atom is 0.338 e. The van der Waals surface area contributed by atoms with Crippen molar-refractivity contribution in [3.8, 4) is 16.3 Å². The number of fused-ring (bicyclic) bond motifs is 1. The average Bonchev–Trinajstić information content (AvgIpc) is 3.54. The molecule has 0 saturated carbocycles. The molecule has 0 aliphatic heterocycles. The van der Waals surface area contributed by atoms with Gasteiger partial charge in [0.05, 0.1) is 30.1 Å². The summed E-state index contributed by atoms with van der Waals surface area (Å²) in [5.74, 6) is -2.74. The van der Waals surface area contributed by atoms with Crippen molar-refractivity contribution >= 4 is 49.5 Å². The SMILES string of the molecule is COc1cc(C(=O)O)c(F)cc1NS(=O)(=O)c1csc(-c2ccc(C3=CCC(C)(C)CC3)c3[nH]ncc23)n1. The molecule has 0 bridgehead atoms. The summed E-state index contributed by atoms with van der Waals surface area (Å²) in [4.78, 5) is 15.5. The molecule has 38 heavy (non-hydrogen) atoms. The van der Waals surface area contributed by atoms with Crippen LogP contribution in [0.15, 0.2) is 46.9 Å². The standard InChI is InChI=1S/C26H25FN4O5S2/c1-26(2)8-6-14(7-9-26)15-4-5-16(18-12-28-30-23(15)18)24-29-22(13-37-24)38(34,35)31-20-11-19(27)17(25(32)33)10-21(20)36-3/h4-6,10-13,31H,7-9H2,1-3H3,(H,28,30)(H,32,33). The molecular weight excluding hydrogens is 531 g/mol. The summed E-state index contributed by atoms with van der Waals surface area (Å²) in [5, 5.41) is 18.9. The topological polar surface area (TPSA) is 134 Å². The third-order valence-corrected chi connectivity index (χ3v) is 8.96. The van der Waals surface area contributed by atoms with Crippen LogP contribution in [0.1, 0.15) is 49.0 Å². The predicted molar refractivity (Wildman–Crippen MR) is 144 cm³/mol. The molecule has 9 nitrogen and oxygen atoms in total. The number of thiazole rings is 1. The van der Waals surface area contributed by atoms with Gasteiger partial charge in [0.25, 0.3) is 10.0 Å². The molecule has 12 heteroatoms. The molecule has 2 aromatic heterocycles. The summed E-state index contributed by atoms with van der Waals surface area (Å²) in [5.41, 5.74) is 3.33. The largest absolute Gasteiger partial charge is 0.495 e. The maximum atomic E-state index is 14.2. The highest BCUT2D eigenvalue weighted by Crippen LogP contribution is 2.41. The number of allylic oxidation sites excluding steroid dienone is 2. The molecule has 2 aromatic carbocycles. The normalized spacial score (nSPS) is 15.3. The number of benzene rings is 2. The summed E-state index contributed by atoms with van der Waals surface area (Å²) in [7, 11) is -3.01. The van der Waals surface area contributed by atoms with E-state index in [0.717, 1.165) is 64.8 Å². The molecule has 0 radical (unpaired) electrons. The molecule has 4 aromatic rings. The number of nitrogens with zero attached hydrogens (tertiary/aromatic N) is 2. The van der Waals surface area contributed by atoms with Gasteiger partial charge in [-0.05, 0) is 36.3 Å². The maximum absolute atomic E-state index is 14.2. The Bertz CT molecular complexity index is 1710. The molecule has 0 spiro atoms. The molecule has 2 heterocycles. The van der Waals surface area contributed by atoms with E-state index in [1.165, 1.54) is 18.1 Å². The first-order valence-electron chi connectivity index (χ1n) is 11.7. The van der Waals surface area contributed by atoms with Gasteiger partial charge in [0.15, 0.2) is 5.03 Å². The van der Waals surface area contributed by atoms with Gasteiger partial charge < -0.3 is 9.84 Å². The number of carbonyl (C=O) groups is 1. The van der Waals surface area contributed by atoms with Crippen molar-refractivity contribution in [3.05, 3.63) is 58.9 Å². The van der Waals surface area contributed by atoms with Gasteiger partial charge >= 0.3 is 5.97 Å². The van der Waals surface area contributed by atoms with E-state index in [2.05, 4.69) is 39.8 Å². The Morgan fingerprint density at radius 2 is 2.03 bits per heavy atom. The van der Waals surface area contributed by atoms with Crippen LogP contribution in [0.2, 0.25) is 0 Å². The van der Waals surface area contributed by atoms with Crippen LogP contribution in [-0.4, -0.2) is 41.8 Å². The first kappa shape index (κ1) is 25.9. The van der Waals surface area contributed by atoms with E-state index < -0.39 is 27.4 Å². The fourth-order valence-corrected chi connectivity index (χ4v) is 6.68. The van der Waals surface area contributed by atoms with Crippen LogP contribution in [-0.2, 0) is 10.0 Å². The van der Waals surface area contributed by atoms with E-state index in [1.807, 2.05) is 12.1 Å². The third-order valence-electron chi connectivity index (χ3n) is 6.69. The van der Waals surface area contributed by atoms with Crippen molar-refractivity contribution in [2.45, 2.75) is 38.1 Å². The first-order valence-corrected chi connectivity index (χ1v) is 14.1. The van der Waals surface area contributed by atoms with Crippen LogP contribution in [0.25, 0.3) is 27.0 Å². The highest BCUT2D eigenvalue weighted by molar-refractivity contribution is 7.92. The molecule has 0 unspecified atom stereocenters. The molecule has 3 N–H and O–H groups in total. The highest BCUT2D eigenvalue weighted by atomic mass is 32.2. The van der Waals surface area contributed by atoms with Gasteiger partial charge in [-0.1, -0.05) is 32.1 Å². The number of hydrogen-bond donors (Lipinski definition) is 3. The number of nitrogens with one attached hydrogen (secondary N) is 2. The van der Waals surface area contributed by atoms with Crippen LogP contribution >= 0.6 is 11.3 Å². The van der Waals surface area contributed by atoms with Crippen LogP contribution in [0.3, 0.4) is 0 Å². The first-order chi connectivity index (χ1) is 18.0. The van der Waals surface area contributed by atoms with E-state index in [9.17, 15) is 17.6 Å². The Morgan fingerprint density at radius 1 is 1.26 bits per heavy atom. The number of aromatic carboxylic acids is 1. The number of hydrogen-bond acceptors (Lipinski definition) is 7. The summed E-state index contributed by atoms with van der Waals surface area (Å²) < 4.78 is 47.7. The Balaban J connectivity index is 1.47. The summed E-state index contributed by atoms with van der Waals surface area (Å²) in [6.07, 6.45) is 7.02. The van der Waals surface area contributed by atoms with Gasteiger partial charge in [-0.25, -0.2) is 14.2 Å². The van der Waals surface area contributed by atoms with Gasteiger partial charge in [-0.3, -0.25) is 9.82 Å². The molecule has 0 saturated heterocycles. The monoisotopic (exact) mass is 556 g/mol. The zero-order chi connectivity index (χ0) is 27.2. The van der Waals surface area contributed by atoms with Crippen molar-refractivity contribution in [2.24, 2.45) is 5.41 Å². The van der Waals surface area contributed by atoms with Crippen molar-refractivity contribution in [3.63, 3.8) is 0 Å². The van der Waals surface area contributed by atoms with Crippen molar-refractivity contribution in [1.82, 2.24) is 15.2 Å². The van der Waals surface area contributed by atoms with Crippen molar-refractivity contribution < 1.29 is 27.4 Å². The number of sulfonamides is 1. The molecule has 0 fully saturated rings. The van der Waals surface area contributed by atoms with E-state index in [-0.39, 0.29) is 21.9 Å². The van der Waals surface area contributed by atoms with Crippen LogP contribution in [0.4, 0.5) is 10.1 Å². The lowest BCUT2D eigenvalue weighted by atomic mass is 9.77. The average molecular weight is 557 g/mol. The number of aromatic amines is 1. The number of carboxylic acid groups (broad SMARTS) is 1. The Kier molecular flexibility index (Phi) is 6.48. The van der Waals surface area contributed by atoms with Gasteiger partial charge in [0, 0.05) is 28.0 Å². The van der Waals surface area contributed by atoms with Gasteiger partial charge in [0.2, 0.25) is 0 Å². The molecule has 5 rings (SSSR count). The molecule has 0 atom stereocenters. The Hall–Kier alpha value is -3.77. The molecular formula is C26H25FN4O5S2. The van der Waals surface area contributed by atoms with E-state index in [1.54, 1.807) is 6.20 Å². The van der Waals surface area contributed by atoms with Crippen molar-refractivity contribution in [1.29, 1.82) is 0 Å². The number of carboxylic acids is 1. The highest BCUT2D eigenvalue weighted by Gasteiger charge is 2.26. The zero-order valence-electron chi connectivity index (χ0n) is 20.8. The lowest BCUT2D eigenvalue weighted by Gasteiger charge is -2.28. The number of aromatic nitrogens is 3. The lowest BCUT2D eigenvalue weighted by molar-refractivity contribution is 0.0691. The second-order valence-corrected chi connectivity index (χ2v) is 12.3. The molecule has 1 aliphatic rings. The van der Waals surface area contributed by atoms with E-state index in [4.69, 9.17) is 9.84 Å². The molecule has 198 valence electrons. The number of ether oxygens (including phenoxy) is 1. The third kappa shape index (κ3) is 4.76. The lowest BCUT2D eigenvalue weighted by Crippen LogP contribution is -2.15. The van der Waals surface area contributed by atoms with Gasteiger partial charge in [-0.15, -0.1) is 11.3 Å². The fourth-order valence-electron chi connectivity index (χ4n) is 4.48. The molecule has 0 amide bonds. The number of methoxy groups -OCH3 is 1. The number of halogens is 1. The smallest absolute Gasteiger partial charge is 0.338 e. The minimum atomic E-state index is -4.24. The van der Waals surface area contributed by atoms with Crippen molar-refractivity contribution in [2.75, 3.05) is 11.8 Å². The van der Waals surface area contributed by atoms with E-state index in [0.29, 0.717) is 5.01 Å². The zero-order valence-corrected chi connectivity index (χ0v) is 22.5. The minimum Gasteiger partial charge on any atom is -0.495 e. The van der Waals surface area contributed by atoms with Gasteiger partial charge in [0.1, 0.15) is 16.6 Å². The number of rotatable bonds is 7. The number of H-pyrrole nitrogens is 1. The Labute approximate surface area is 222 Å². The summed E-state index contributed by atoms with van der Waals surface area (Å²) >= 11 is 1.15. The van der Waals surface area contributed by atoms with E-state index >= 15 is 0 Å². The summed E-state index contributed by atoms with van der Waals surface area (Å²) in [6.45, 7) is 4.52. The van der Waals surface area contributed by atoms with Gasteiger partial charge in [-0.2, -0.15) is 13.5 Å². The Morgan fingerprint density at radius 3 is 2.71 bits per heavy atom. The van der Waals surface area contributed by atoms with Crippen LogP contribution in [0.5, 0.6) is 5.75 Å². The summed E-state index contributed by atoms with van der Waals surface area (Å²) in [6, 6.07) is 5.61. The van der Waals surface area contributed by atoms with Crippen LogP contribution in [0, 0.1) is 11.2 Å². The quantitative estimate of drug-likeness (QED) is 0.257. The second-order valence-electron chi connectivity index (χ2n) is 9.85. The molecule has 1 aliphatic carbocycles. The van der Waals surface area contributed by atoms with Crippen LogP contribution < -0.4 is 9.46 Å². The minimum absolute atomic E-state index is 0.140. The predicted octanol–water partition coefficient (Wildman–Crippen LogP) is 5.93. The fraction of sp³-hybridized carbons (Fsp3) is 0.269.